The van der Waals surface area contributed by atoms with E-state index in [1.807, 2.05) is 0 Å². The van der Waals surface area contributed by atoms with Crippen LogP contribution in [0, 0.1) is 11.6 Å². The number of rotatable bonds is 2. The highest BCUT2D eigenvalue weighted by atomic mass is 19.1. The maximum Gasteiger partial charge on any atom is 0.139 e. The van der Waals surface area contributed by atoms with Crippen LogP contribution in [-0.4, -0.2) is 5.78 Å². The van der Waals surface area contributed by atoms with Gasteiger partial charge in [-0.3, -0.25) is 4.79 Å². The first-order chi connectivity index (χ1) is 6.35. The third-order valence-corrected chi connectivity index (χ3v) is 2.48. The lowest BCUT2D eigenvalue weighted by Gasteiger charge is -2.22. The van der Waals surface area contributed by atoms with Crippen molar-refractivity contribution < 1.29 is 13.6 Å². The molecule has 0 aliphatic carbocycles. The second-order valence-corrected chi connectivity index (χ2v) is 3.81. The zero-order chi connectivity index (χ0) is 10.9. The van der Waals surface area contributed by atoms with Crippen LogP contribution in [0.25, 0.3) is 0 Å². The fraction of sp³-hybridized carbons (Fsp3) is 0.364. The van der Waals surface area contributed by atoms with Gasteiger partial charge in [-0.15, -0.1) is 0 Å². The Balaban J connectivity index is 3.26. The fourth-order valence-corrected chi connectivity index (χ4v) is 1.19. The third kappa shape index (κ3) is 1.81. The topological polar surface area (TPSA) is 17.1 Å². The van der Waals surface area contributed by atoms with Gasteiger partial charge in [0, 0.05) is 11.6 Å². The van der Waals surface area contributed by atoms with Gasteiger partial charge in [-0.2, -0.15) is 0 Å². The van der Waals surface area contributed by atoms with Crippen molar-refractivity contribution in [3.8, 4) is 0 Å². The molecule has 1 aromatic carbocycles. The molecule has 14 heavy (non-hydrogen) atoms. The standard InChI is InChI=1S/C11H12F2O/c1-7(14)11(2,3)9-5-4-8(12)6-10(9)13/h4-6H,1-3H3. The molecular weight excluding hydrogens is 186 g/mol. The Bertz CT molecular complexity index is 370. The lowest BCUT2D eigenvalue weighted by Crippen LogP contribution is -2.27. The van der Waals surface area contributed by atoms with Gasteiger partial charge in [0.05, 0.1) is 5.41 Å². The molecule has 0 atom stereocenters. The van der Waals surface area contributed by atoms with Gasteiger partial charge in [-0.1, -0.05) is 6.07 Å². The maximum absolute atomic E-state index is 13.3. The summed E-state index contributed by atoms with van der Waals surface area (Å²) >= 11 is 0. The first-order valence-electron chi connectivity index (χ1n) is 4.32. The average molecular weight is 198 g/mol. The van der Waals surface area contributed by atoms with E-state index in [0.717, 1.165) is 12.1 Å². The number of hydrogen-bond donors (Lipinski definition) is 0. The zero-order valence-electron chi connectivity index (χ0n) is 8.40. The molecule has 1 nitrogen and oxygen atoms in total. The molecule has 3 heteroatoms. The Labute approximate surface area is 81.7 Å². The van der Waals surface area contributed by atoms with Crippen LogP contribution in [0.1, 0.15) is 26.3 Å². The largest absolute Gasteiger partial charge is 0.299 e. The quantitative estimate of drug-likeness (QED) is 0.714. The molecule has 1 aromatic rings. The van der Waals surface area contributed by atoms with E-state index in [0.29, 0.717) is 0 Å². The first-order valence-corrected chi connectivity index (χ1v) is 4.32. The van der Waals surface area contributed by atoms with Crippen LogP contribution in [0.3, 0.4) is 0 Å². The number of ketones is 1. The van der Waals surface area contributed by atoms with Crippen molar-refractivity contribution in [1.29, 1.82) is 0 Å². The normalized spacial score (nSPS) is 11.5. The van der Waals surface area contributed by atoms with Crippen LogP contribution in [0.15, 0.2) is 18.2 Å². The van der Waals surface area contributed by atoms with Gasteiger partial charge >= 0.3 is 0 Å². The number of carbonyl (C=O) groups is 1. The van der Waals surface area contributed by atoms with Crippen LogP contribution in [0.2, 0.25) is 0 Å². The number of Topliss-reactive ketones (excluding diaryl/α,β-unsaturated/α-hetero) is 1. The van der Waals surface area contributed by atoms with E-state index < -0.39 is 17.0 Å². The summed E-state index contributed by atoms with van der Waals surface area (Å²) in [6.45, 7) is 4.63. The summed E-state index contributed by atoms with van der Waals surface area (Å²) < 4.78 is 25.9. The SMILES string of the molecule is CC(=O)C(C)(C)c1ccc(F)cc1F. The van der Waals surface area contributed by atoms with Crippen LogP contribution in [-0.2, 0) is 10.2 Å². The van der Waals surface area contributed by atoms with Gasteiger partial charge in [0.15, 0.2) is 0 Å². The van der Waals surface area contributed by atoms with E-state index in [-0.39, 0.29) is 11.3 Å². The number of carbonyl (C=O) groups excluding carboxylic acids is 1. The molecule has 0 aliphatic rings. The van der Waals surface area contributed by atoms with Gasteiger partial charge in [0.25, 0.3) is 0 Å². The van der Waals surface area contributed by atoms with Crippen molar-refractivity contribution in [3.63, 3.8) is 0 Å². The van der Waals surface area contributed by atoms with Gasteiger partial charge < -0.3 is 0 Å². The van der Waals surface area contributed by atoms with Crippen molar-refractivity contribution in [2.45, 2.75) is 26.2 Å². The molecule has 0 radical (unpaired) electrons. The predicted octanol–water partition coefficient (Wildman–Crippen LogP) is 2.83. The minimum atomic E-state index is -0.905. The lowest BCUT2D eigenvalue weighted by atomic mass is 9.81. The lowest BCUT2D eigenvalue weighted by molar-refractivity contribution is -0.121. The van der Waals surface area contributed by atoms with E-state index >= 15 is 0 Å². The minimum absolute atomic E-state index is 0.150. The van der Waals surface area contributed by atoms with Crippen molar-refractivity contribution >= 4 is 5.78 Å². The summed E-state index contributed by atoms with van der Waals surface area (Å²) in [5.41, 5.74) is -0.677. The molecule has 0 saturated carbocycles. The van der Waals surface area contributed by atoms with Crippen molar-refractivity contribution in [1.82, 2.24) is 0 Å². The molecule has 0 unspecified atom stereocenters. The highest BCUT2D eigenvalue weighted by Gasteiger charge is 2.29. The summed E-state index contributed by atoms with van der Waals surface area (Å²) in [6, 6.07) is 3.26. The maximum atomic E-state index is 13.3. The van der Waals surface area contributed by atoms with Crippen molar-refractivity contribution in [2.75, 3.05) is 0 Å². The molecule has 0 saturated heterocycles. The van der Waals surface area contributed by atoms with Crippen LogP contribution in [0.5, 0.6) is 0 Å². The Morgan fingerprint density at radius 1 is 1.29 bits per heavy atom. The third-order valence-electron chi connectivity index (χ3n) is 2.48. The van der Waals surface area contributed by atoms with E-state index in [1.165, 1.54) is 13.0 Å². The fourth-order valence-electron chi connectivity index (χ4n) is 1.19. The van der Waals surface area contributed by atoms with Gasteiger partial charge in [0.2, 0.25) is 0 Å². The molecule has 1 rings (SSSR count). The van der Waals surface area contributed by atoms with Crippen LogP contribution >= 0.6 is 0 Å². The summed E-state index contributed by atoms with van der Waals surface area (Å²) in [6.07, 6.45) is 0. The molecule has 76 valence electrons. The molecule has 0 aromatic heterocycles. The van der Waals surface area contributed by atoms with Gasteiger partial charge in [-0.25, -0.2) is 8.78 Å². The Hall–Kier alpha value is -1.25. The highest BCUT2D eigenvalue weighted by Crippen LogP contribution is 2.26. The molecule has 0 fully saturated rings. The average Bonchev–Trinajstić information content (AvgIpc) is 2.02. The Morgan fingerprint density at radius 2 is 1.86 bits per heavy atom. The second kappa shape index (κ2) is 3.48. The van der Waals surface area contributed by atoms with E-state index in [2.05, 4.69) is 0 Å². The molecule has 0 N–H and O–H groups in total. The Kier molecular flexibility index (Phi) is 2.69. The minimum Gasteiger partial charge on any atom is -0.299 e. The zero-order valence-corrected chi connectivity index (χ0v) is 8.40. The summed E-state index contributed by atoms with van der Waals surface area (Å²) in [5, 5.41) is 0. The van der Waals surface area contributed by atoms with Crippen molar-refractivity contribution in [3.05, 3.63) is 35.4 Å². The highest BCUT2D eigenvalue weighted by molar-refractivity contribution is 5.87. The van der Waals surface area contributed by atoms with E-state index in [4.69, 9.17) is 0 Å². The van der Waals surface area contributed by atoms with Crippen molar-refractivity contribution in [2.24, 2.45) is 0 Å². The summed E-state index contributed by atoms with van der Waals surface area (Å²) in [4.78, 5) is 11.2. The smallest absolute Gasteiger partial charge is 0.139 e. The van der Waals surface area contributed by atoms with Crippen LogP contribution < -0.4 is 0 Å². The number of benzene rings is 1. The summed E-state index contributed by atoms with van der Waals surface area (Å²) in [7, 11) is 0. The molecular formula is C11H12F2O. The molecule has 0 aliphatic heterocycles. The van der Waals surface area contributed by atoms with E-state index in [1.54, 1.807) is 13.8 Å². The summed E-state index contributed by atoms with van der Waals surface area (Å²) in [5.74, 6) is -1.46. The van der Waals surface area contributed by atoms with Crippen LogP contribution in [0.4, 0.5) is 8.78 Å². The molecule has 0 bridgehead atoms. The molecule has 0 amide bonds. The second-order valence-electron chi connectivity index (χ2n) is 3.81. The van der Waals surface area contributed by atoms with E-state index in [9.17, 15) is 13.6 Å². The number of halogens is 2. The first kappa shape index (κ1) is 10.8. The predicted molar refractivity (Wildman–Crippen MR) is 50.1 cm³/mol. The molecule has 0 heterocycles. The monoisotopic (exact) mass is 198 g/mol. The number of hydrogen-bond acceptors (Lipinski definition) is 1. The van der Waals surface area contributed by atoms with Gasteiger partial charge in [0.1, 0.15) is 17.4 Å². The Morgan fingerprint density at radius 3 is 2.29 bits per heavy atom. The molecule has 0 spiro atoms. The van der Waals surface area contributed by atoms with Gasteiger partial charge in [-0.05, 0) is 26.8 Å².